The molecule has 25 heavy (non-hydrogen) atoms. The van der Waals surface area contributed by atoms with Crippen LogP contribution in [-0.2, 0) is 4.79 Å². The van der Waals surface area contributed by atoms with E-state index in [0.29, 0.717) is 17.4 Å². The second-order valence-corrected chi connectivity index (χ2v) is 7.95. The predicted octanol–water partition coefficient (Wildman–Crippen LogP) is 2.96. The third-order valence-electron chi connectivity index (χ3n) is 6.75. The highest BCUT2D eigenvalue weighted by Crippen LogP contribution is 2.54. The second kappa shape index (κ2) is 5.68. The van der Waals surface area contributed by atoms with E-state index in [4.69, 9.17) is 0 Å². The molecule has 132 valence electrons. The fourth-order valence-corrected chi connectivity index (χ4v) is 5.22. The summed E-state index contributed by atoms with van der Waals surface area (Å²) in [6.07, 6.45) is 4.60. The van der Waals surface area contributed by atoms with Crippen molar-refractivity contribution in [3.8, 4) is 0 Å². The van der Waals surface area contributed by atoms with E-state index < -0.39 is 5.54 Å². The molecule has 3 aliphatic rings. The molecular formula is C20H24N2O3. The van der Waals surface area contributed by atoms with Crippen LogP contribution in [0.1, 0.15) is 43.0 Å². The molecule has 1 aromatic rings. The number of hydrogen-bond acceptors (Lipinski definition) is 3. The van der Waals surface area contributed by atoms with Gasteiger partial charge in [-0.3, -0.25) is 14.5 Å². The Balaban J connectivity index is 1.58. The van der Waals surface area contributed by atoms with Crippen LogP contribution in [0.25, 0.3) is 0 Å². The summed E-state index contributed by atoms with van der Waals surface area (Å²) in [5.41, 5.74) is -0.285. The Morgan fingerprint density at radius 2 is 1.88 bits per heavy atom. The van der Waals surface area contributed by atoms with Gasteiger partial charge in [-0.25, -0.2) is 4.79 Å². The molecule has 3 amide bonds. The van der Waals surface area contributed by atoms with Gasteiger partial charge in [-0.15, -0.1) is 0 Å². The van der Waals surface area contributed by atoms with E-state index >= 15 is 0 Å². The van der Waals surface area contributed by atoms with Crippen LogP contribution in [0.2, 0.25) is 0 Å². The smallest absolute Gasteiger partial charge is 0.313 e. The molecule has 5 heteroatoms. The highest BCUT2D eigenvalue weighted by Gasteiger charge is 2.61. The average molecular weight is 340 g/mol. The number of carbonyl (C=O) groups is 3. The Bertz CT molecular complexity index is 732. The number of carbonyl (C=O) groups excluding carboxylic acids is 3. The molecule has 2 bridgehead atoms. The van der Waals surface area contributed by atoms with Gasteiger partial charge in [0.15, 0.2) is 5.78 Å². The molecule has 3 fully saturated rings. The molecule has 1 saturated heterocycles. The van der Waals surface area contributed by atoms with Crippen LogP contribution >= 0.6 is 0 Å². The van der Waals surface area contributed by atoms with Crippen LogP contribution < -0.4 is 0 Å². The molecular weight excluding hydrogens is 316 g/mol. The molecule has 1 heterocycles. The Kier molecular flexibility index (Phi) is 3.71. The Morgan fingerprint density at radius 3 is 2.48 bits per heavy atom. The molecule has 4 rings (SSSR count). The average Bonchev–Trinajstić information content (AvgIpc) is 3.31. The van der Waals surface area contributed by atoms with Crippen molar-refractivity contribution in [2.24, 2.45) is 17.8 Å². The molecule has 0 radical (unpaired) electrons. The van der Waals surface area contributed by atoms with Crippen LogP contribution in [0.4, 0.5) is 4.79 Å². The molecule has 2 saturated carbocycles. The van der Waals surface area contributed by atoms with Crippen molar-refractivity contribution < 1.29 is 14.4 Å². The van der Waals surface area contributed by atoms with Gasteiger partial charge in [0.05, 0.1) is 6.54 Å². The standard InChI is InChI=1S/C20H24N2O3/c1-20(16-11-13-8-9-15(16)10-13)18(24)22(19(25)21(20)2)12-17(23)14-6-4-3-5-7-14/h3-7,13,15-16H,8-12H2,1-2H3/t13-,15+,16+,20?/m1/s1. The number of fused-ring (bicyclic) bond motifs is 2. The first kappa shape index (κ1) is 16.3. The summed E-state index contributed by atoms with van der Waals surface area (Å²) in [5.74, 6) is 1.03. The Morgan fingerprint density at radius 1 is 1.16 bits per heavy atom. The predicted molar refractivity (Wildman–Crippen MR) is 93.0 cm³/mol. The maximum atomic E-state index is 13.2. The minimum absolute atomic E-state index is 0.178. The molecule has 0 spiro atoms. The lowest BCUT2D eigenvalue weighted by molar-refractivity contribution is -0.135. The molecule has 0 aromatic heterocycles. The monoisotopic (exact) mass is 340 g/mol. The number of imide groups is 1. The van der Waals surface area contributed by atoms with Crippen molar-refractivity contribution in [2.45, 2.75) is 38.1 Å². The van der Waals surface area contributed by atoms with Crippen molar-refractivity contribution >= 4 is 17.7 Å². The van der Waals surface area contributed by atoms with Gasteiger partial charge in [0.2, 0.25) is 0 Å². The number of benzene rings is 1. The Hall–Kier alpha value is -2.17. The van der Waals surface area contributed by atoms with Gasteiger partial charge in [-0.2, -0.15) is 0 Å². The number of urea groups is 1. The topological polar surface area (TPSA) is 57.7 Å². The lowest BCUT2D eigenvalue weighted by atomic mass is 9.74. The minimum Gasteiger partial charge on any atom is -0.313 e. The van der Waals surface area contributed by atoms with Crippen molar-refractivity contribution in [2.75, 3.05) is 13.6 Å². The second-order valence-electron chi connectivity index (χ2n) is 7.95. The summed E-state index contributed by atoms with van der Waals surface area (Å²) in [7, 11) is 1.71. The summed E-state index contributed by atoms with van der Waals surface area (Å²) >= 11 is 0. The number of amides is 3. The van der Waals surface area contributed by atoms with Crippen LogP contribution in [0, 0.1) is 17.8 Å². The van der Waals surface area contributed by atoms with Gasteiger partial charge >= 0.3 is 6.03 Å². The van der Waals surface area contributed by atoms with Gasteiger partial charge in [0.1, 0.15) is 5.54 Å². The van der Waals surface area contributed by atoms with E-state index in [1.807, 2.05) is 13.0 Å². The van der Waals surface area contributed by atoms with E-state index in [-0.39, 0.29) is 30.2 Å². The molecule has 0 N–H and O–H groups in total. The van der Waals surface area contributed by atoms with Crippen molar-refractivity contribution in [3.05, 3.63) is 35.9 Å². The van der Waals surface area contributed by atoms with Gasteiger partial charge < -0.3 is 4.90 Å². The van der Waals surface area contributed by atoms with E-state index in [9.17, 15) is 14.4 Å². The first-order valence-electron chi connectivity index (χ1n) is 9.11. The lowest BCUT2D eigenvalue weighted by Gasteiger charge is -2.39. The van der Waals surface area contributed by atoms with E-state index in [2.05, 4.69) is 0 Å². The number of Topliss-reactive ketones (excluding diaryl/α,β-unsaturated/α-hetero) is 1. The Labute approximate surface area is 148 Å². The number of rotatable bonds is 4. The van der Waals surface area contributed by atoms with Crippen LogP contribution in [0.5, 0.6) is 0 Å². The molecule has 1 aliphatic heterocycles. The number of likely N-dealkylation sites (N-methyl/N-ethyl adjacent to an activating group) is 1. The normalized spacial score (nSPS) is 34.2. The SMILES string of the molecule is CN1C(=O)N(CC(=O)c2ccccc2)C(=O)C1(C)[C@H]1C[C@@H]2CC[C@H]1C2. The highest BCUT2D eigenvalue weighted by molar-refractivity contribution is 6.11. The van der Waals surface area contributed by atoms with E-state index in [0.717, 1.165) is 17.7 Å². The quantitative estimate of drug-likeness (QED) is 0.625. The fourth-order valence-electron chi connectivity index (χ4n) is 5.22. The number of nitrogens with zero attached hydrogens (tertiary/aromatic N) is 2. The zero-order valence-electron chi connectivity index (χ0n) is 14.8. The van der Waals surface area contributed by atoms with Gasteiger partial charge in [-0.05, 0) is 43.9 Å². The van der Waals surface area contributed by atoms with Crippen LogP contribution in [0.3, 0.4) is 0 Å². The minimum atomic E-state index is -0.812. The third-order valence-corrected chi connectivity index (χ3v) is 6.75. The van der Waals surface area contributed by atoms with Crippen molar-refractivity contribution in [1.82, 2.24) is 9.80 Å². The summed E-state index contributed by atoms with van der Waals surface area (Å²) in [4.78, 5) is 41.2. The van der Waals surface area contributed by atoms with Gasteiger partial charge in [-0.1, -0.05) is 36.8 Å². The summed E-state index contributed by atoms with van der Waals surface area (Å²) in [5, 5.41) is 0. The van der Waals surface area contributed by atoms with Crippen molar-refractivity contribution in [1.29, 1.82) is 0 Å². The van der Waals surface area contributed by atoms with E-state index in [1.54, 1.807) is 36.2 Å². The summed E-state index contributed by atoms with van der Waals surface area (Å²) < 4.78 is 0. The zero-order chi connectivity index (χ0) is 17.8. The maximum Gasteiger partial charge on any atom is 0.327 e. The van der Waals surface area contributed by atoms with Crippen LogP contribution in [0.15, 0.2) is 30.3 Å². The van der Waals surface area contributed by atoms with Gasteiger partial charge in [0.25, 0.3) is 5.91 Å². The summed E-state index contributed by atoms with van der Waals surface area (Å²) in [6.45, 7) is 1.72. The lowest BCUT2D eigenvalue weighted by Crippen LogP contribution is -2.53. The number of ketones is 1. The first-order chi connectivity index (χ1) is 11.9. The van der Waals surface area contributed by atoms with Gasteiger partial charge in [0, 0.05) is 12.6 Å². The maximum absolute atomic E-state index is 13.2. The zero-order valence-corrected chi connectivity index (χ0v) is 14.8. The van der Waals surface area contributed by atoms with E-state index in [1.165, 1.54) is 12.8 Å². The summed E-state index contributed by atoms with van der Waals surface area (Å²) in [6, 6.07) is 8.49. The molecule has 5 nitrogen and oxygen atoms in total. The highest BCUT2D eigenvalue weighted by atomic mass is 16.2. The largest absolute Gasteiger partial charge is 0.327 e. The fraction of sp³-hybridized carbons (Fsp3) is 0.550. The van der Waals surface area contributed by atoms with Crippen molar-refractivity contribution in [3.63, 3.8) is 0 Å². The molecule has 4 atom stereocenters. The molecule has 1 unspecified atom stereocenters. The third kappa shape index (κ3) is 2.32. The molecule has 1 aromatic carbocycles. The first-order valence-corrected chi connectivity index (χ1v) is 9.11. The van der Waals surface area contributed by atoms with Crippen LogP contribution in [-0.4, -0.2) is 46.7 Å². The number of hydrogen-bond donors (Lipinski definition) is 0. The molecule has 2 aliphatic carbocycles.